The molecule has 0 N–H and O–H groups in total. The molecule has 0 aliphatic heterocycles. The first-order valence-corrected chi connectivity index (χ1v) is 3.55. The summed E-state index contributed by atoms with van der Waals surface area (Å²) in [5.41, 5.74) is -0.480. The van der Waals surface area contributed by atoms with E-state index in [2.05, 4.69) is 9.72 Å². The first kappa shape index (κ1) is 9.83. The molecule has 0 saturated heterocycles. The number of halogens is 3. The average Bonchev–Trinajstić information content (AvgIpc) is 2.04. The molecule has 0 aliphatic carbocycles. The lowest BCUT2D eigenvalue weighted by molar-refractivity contribution is 0.139. The molecule has 0 spiro atoms. The van der Waals surface area contributed by atoms with Gasteiger partial charge in [-0.2, -0.15) is 0 Å². The van der Waals surface area contributed by atoms with E-state index in [1.807, 2.05) is 0 Å². The van der Waals surface area contributed by atoms with E-state index >= 15 is 0 Å². The lowest BCUT2D eigenvalue weighted by Gasteiger charge is -2.08. The van der Waals surface area contributed by atoms with Gasteiger partial charge in [0.05, 0.1) is 7.11 Å². The van der Waals surface area contributed by atoms with Gasteiger partial charge in [0.25, 0.3) is 6.43 Å². The van der Waals surface area contributed by atoms with Crippen LogP contribution in [0.25, 0.3) is 0 Å². The van der Waals surface area contributed by atoms with Gasteiger partial charge in [-0.3, -0.25) is 4.98 Å². The topological polar surface area (TPSA) is 22.1 Å². The minimum absolute atomic E-state index is 0.176. The van der Waals surface area contributed by atoms with Crippen molar-refractivity contribution in [3.05, 3.63) is 23.3 Å². The van der Waals surface area contributed by atoms with Crippen molar-refractivity contribution in [3.63, 3.8) is 0 Å². The Morgan fingerprint density at radius 3 is 2.54 bits per heavy atom. The van der Waals surface area contributed by atoms with Crippen LogP contribution >= 0.6 is 0 Å². The van der Waals surface area contributed by atoms with Crippen molar-refractivity contribution < 1.29 is 17.9 Å². The number of ether oxygens (including phenoxy) is 1. The molecule has 0 saturated carbocycles. The average molecular weight is 191 g/mol. The van der Waals surface area contributed by atoms with Crippen molar-refractivity contribution in [2.45, 2.75) is 13.3 Å². The summed E-state index contributed by atoms with van der Waals surface area (Å²) in [6, 6.07) is 0. The third-order valence-electron chi connectivity index (χ3n) is 1.59. The Morgan fingerprint density at radius 1 is 1.46 bits per heavy atom. The molecule has 0 unspecified atom stereocenters. The zero-order chi connectivity index (χ0) is 10.0. The summed E-state index contributed by atoms with van der Waals surface area (Å²) in [4.78, 5) is 3.28. The highest BCUT2D eigenvalue weighted by Crippen LogP contribution is 2.28. The summed E-state index contributed by atoms with van der Waals surface area (Å²) in [6.45, 7) is 1.53. The van der Waals surface area contributed by atoms with Crippen LogP contribution in [0, 0.1) is 12.7 Å². The predicted molar refractivity (Wildman–Crippen MR) is 40.4 cm³/mol. The second-order valence-corrected chi connectivity index (χ2v) is 2.47. The predicted octanol–water partition coefficient (Wildman–Crippen LogP) is 2.48. The molecule has 0 aliphatic rings. The van der Waals surface area contributed by atoms with Crippen LogP contribution in [-0.2, 0) is 0 Å². The van der Waals surface area contributed by atoms with Crippen molar-refractivity contribution >= 4 is 0 Å². The van der Waals surface area contributed by atoms with E-state index in [0.29, 0.717) is 5.56 Å². The summed E-state index contributed by atoms with van der Waals surface area (Å²) in [7, 11) is 1.22. The van der Waals surface area contributed by atoms with Gasteiger partial charge in [0, 0.05) is 11.8 Å². The molecule has 0 radical (unpaired) electrons. The number of hydrogen-bond acceptors (Lipinski definition) is 2. The van der Waals surface area contributed by atoms with Crippen LogP contribution in [-0.4, -0.2) is 12.1 Å². The van der Waals surface area contributed by atoms with E-state index in [1.54, 1.807) is 0 Å². The number of hydrogen-bond donors (Lipinski definition) is 0. The van der Waals surface area contributed by atoms with Gasteiger partial charge in [0.1, 0.15) is 5.69 Å². The highest BCUT2D eigenvalue weighted by molar-refractivity contribution is 5.34. The molecule has 72 valence electrons. The molecule has 0 atom stereocenters. The van der Waals surface area contributed by atoms with Crippen molar-refractivity contribution in [1.82, 2.24) is 4.98 Å². The highest BCUT2D eigenvalue weighted by atomic mass is 19.3. The first-order chi connectivity index (χ1) is 6.07. The fourth-order valence-corrected chi connectivity index (χ4v) is 0.974. The Hall–Kier alpha value is -1.26. The number of aryl methyl sites for hydroxylation is 1. The summed E-state index contributed by atoms with van der Waals surface area (Å²) < 4.78 is 42.0. The number of nitrogens with zero attached hydrogens (tertiary/aromatic N) is 1. The molecule has 1 aromatic rings. The molecule has 1 aromatic heterocycles. The maximum Gasteiger partial charge on any atom is 0.283 e. The summed E-state index contributed by atoms with van der Waals surface area (Å²) in [5, 5.41) is 0. The Kier molecular flexibility index (Phi) is 2.75. The van der Waals surface area contributed by atoms with Crippen LogP contribution in [0.3, 0.4) is 0 Å². The molecule has 0 aromatic carbocycles. The largest absolute Gasteiger partial charge is 0.493 e. The van der Waals surface area contributed by atoms with Crippen molar-refractivity contribution in [3.8, 4) is 5.75 Å². The van der Waals surface area contributed by atoms with Crippen molar-refractivity contribution in [1.29, 1.82) is 0 Å². The molecule has 5 heteroatoms. The minimum atomic E-state index is -2.92. The molecule has 0 bridgehead atoms. The van der Waals surface area contributed by atoms with E-state index in [1.165, 1.54) is 14.0 Å². The zero-order valence-corrected chi connectivity index (χ0v) is 7.14. The Balaban J connectivity index is 3.27. The van der Waals surface area contributed by atoms with Crippen LogP contribution in [0.15, 0.2) is 6.20 Å². The Labute approximate surface area is 73.4 Å². The lowest BCUT2D eigenvalue weighted by Crippen LogP contribution is -2.00. The normalized spacial score (nSPS) is 10.6. The Morgan fingerprint density at radius 2 is 2.08 bits per heavy atom. The van der Waals surface area contributed by atoms with Crippen molar-refractivity contribution in [2.75, 3.05) is 7.11 Å². The maximum atomic E-state index is 13.1. The first-order valence-electron chi connectivity index (χ1n) is 3.55. The second kappa shape index (κ2) is 3.64. The number of aromatic nitrogens is 1. The van der Waals surface area contributed by atoms with E-state index in [4.69, 9.17) is 0 Å². The summed E-state index contributed by atoms with van der Waals surface area (Å²) in [6.07, 6.45) is -1.77. The number of alkyl halides is 2. The smallest absolute Gasteiger partial charge is 0.283 e. The van der Waals surface area contributed by atoms with Crippen LogP contribution in [0.4, 0.5) is 13.2 Å². The van der Waals surface area contributed by atoms with E-state index < -0.39 is 17.9 Å². The molecule has 13 heavy (non-hydrogen) atoms. The van der Waals surface area contributed by atoms with E-state index in [0.717, 1.165) is 6.20 Å². The third kappa shape index (κ3) is 1.74. The van der Waals surface area contributed by atoms with Gasteiger partial charge < -0.3 is 4.74 Å². The quantitative estimate of drug-likeness (QED) is 0.716. The van der Waals surface area contributed by atoms with Gasteiger partial charge >= 0.3 is 0 Å². The van der Waals surface area contributed by atoms with Gasteiger partial charge in [0.15, 0.2) is 11.6 Å². The SMILES string of the molecule is COc1c(C)cnc(C(F)F)c1F. The molecule has 0 fully saturated rings. The molecule has 0 amide bonds. The third-order valence-corrected chi connectivity index (χ3v) is 1.59. The van der Waals surface area contributed by atoms with Gasteiger partial charge in [-0.25, -0.2) is 13.2 Å². The summed E-state index contributed by atoms with van der Waals surface area (Å²) in [5.74, 6) is -1.26. The zero-order valence-electron chi connectivity index (χ0n) is 7.14. The maximum absolute atomic E-state index is 13.1. The monoisotopic (exact) mass is 191 g/mol. The molecule has 2 nitrogen and oxygen atoms in total. The van der Waals surface area contributed by atoms with Crippen LogP contribution in [0.1, 0.15) is 17.7 Å². The highest BCUT2D eigenvalue weighted by Gasteiger charge is 2.20. The van der Waals surface area contributed by atoms with Crippen molar-refractivity contribution in [2.24, 2.45) is 0 Å². The minimum Gasteiger partial charge on any atom is -0.493 e. The van der Waals surface area contributed by atoms with E-state index in [-0.39, 0.29) is 5.75 Å². The number of pyridine rings is 1. The van der Waals surface area contributed by atoms with Crippen LogP contribution in [0.5, 0.6) is 5.75 Å². The molecule has 1 heterocycles. The number of rotatable bonds is 2. The second-order valence-electron chi connectivity index (χ2n) is 2.47. The fourth-order valence-electron chi connectivity index (χ4n) is 0.974. The fraction of sp³-hybridized carbons (Fsp3) is 0.375. The molecular weight excluding hydrogens is 183 g/mol. The lowest BCUT2D eigenvalue weighted by atomic mass is 10.2. The van der Waals surface area contributed by atoms with Gasteiger partial charge in [-0.05, 0) is 6.92 Å². The number of methoxy groups -OCH3 is 1. The van der Waals surface area contributed by atoms with E-state index in [9.17, 15) is 13.2 Å². The van der Waals surface area contributed by atoms with Crippen LogP contribution < -0.4 is 4.74 Å². The van der Waals surface area contributed by atoms with Gasteiger partial charge in [-0.1, -0.05) is 0 Å². The standard InChI is InChI=1S/C8H8F3NO/c1-4-3-12-6(8(10)11)5(9)7(4)13-2/h3,8H,1-2H3. The Bertz CT molecular complexity index is 315. The molecular formula is C8H8F3NO. The van der Waals surface area contributed by atoms with Gasteiger partial charge in [-0.15, -0.1) is 0 Å². The molecule has 1 rings (SSSR count). The van der Waals surface area contributed by atoms with Crippen LogP contribution in [0.2, 0.25) is 0 Å². The van der Waals surface area contributed by atoms with Gasteiger partial charge in [0.2, 0.25) is 0 Å². The summed E-state index contributed by atoms with van der Waals surface area (Å²) >= 11 is 0.